The standard InChI is InChI=1S/C52H31NO3/c1-2-11-38-32(10-1)26-31-41-40-16-7-15-39(51(40)56-52(38)41)34-24-29-36(30-25-34)53(44-17-9-21-48-50(44)43-13-4-6-19-46(43)55-48)35-27-22-33(23-28-35)37-14-8-20-47-49(37)42-12-3-5-18-45(42)54-47/h1-31H. The molecule has 0 saturated heterocycles. The first-order valence-corrected chi connectivity index (χ1v) is 18.9. The highest BCUT2D eigenvalue weighted by atomic mass is 16.3. The Labute approximate surface area is 321 Å². The van der Waals surface area contributed by atoms with E-state index in [2.05, 4.69) is 163 Å². The van der Waals surface area contributed by atoms with Crippen molar-refractivity contribution in [1.82, 2.24) is 0 Å². The first-order valence-electron chi connectivity index (χ1n) is 18.9. The van der Waals surface area contributed by atoms with E-state index >= 15 is 0 Å². The number of fused-ring (bicyclic) bond motifs is 11. The van der Waals surface area contributed by atoms with Crippen LogP contribution in [0.15, 0.2) is 201 Å². The molecule has 0 aliphatic carbocycles. The van der Waals surface area contributed by atoms with E-state index in [0.29, 0.717) is 0 Å². The smallest absolute Gasteiger partial charge is 0.143 e. The highest BCUT2D eigenvalue weighted by molar-refractivity contribution is 6.18. The van der Waals surface area contributed by atoms with Crippen LogP contribution >= 0.6 is 0 Å². The fraction of sp³-hybridized carbons (Fsp3) is 0. The van der Waals surface area contributed by atoms with Gasteiger partial charge < -0.3 is 18.2 Å². The zero-order valence-corrected chi connectivity index (χ0v) is 30.1. The average molecular weight is 718 g/mol. The van der Waals surface area contributed by atoms with E-state index in [1.807, 2.05) is 30.3 Å². The molecule has 0 fully saturated rings. The number of anilines is 3. The number of nitrogens with zero attached hydrogens (tertiary/aromatic N) is 1. The summed E-state index contributed by atoms with van der Waals surface area (Å²) < 4.78 is 19.3. The van der Waals surface area contributed by atoms with Gasteiger partial charge in [-0.2, -0.15) is 0 Å². The van der Waals surface area contributed by atoms with Crippen molar-refractivity contribution in [1.29, 1.82) is 0 Å². The number of benzene rings is 9. The van der Waals surface area contributed by atoms with Crippen molar-refractivity contribution in [3.63, 3.8) is 0 Å². The van der Waals surface area contributed by atoms with Gasteiger partial charge in [0.1, 0.15) is 33.5 Å². The second kappa shape index (κ2) is 12.0. The van der Waals surface area contributed by atoms with Gasteiger partial charge in [-0.05, 0) is 82.7 Å². The number of para-hydroxylation sites is 3. The highest BCUT2D eigenvalue weighted by Gasteiger charge is 2.21. The SMILES string of the molecule is c1ccc2c(c1)ccc1c3cccc(-c4ccc(N(c5ccc(-c6cccc7oc8ccccc8c67)cc5)c5cccc6oc7ccccc7c56)cc4)c3oc21. The van der Waals surface area contributed by atoms with Crippen molar-refractivity contribution in [2.24, 2.45) is 0 Å². The zero-order chi connectivity index (χ0) is 36.7. The Morgan fingerprint density at radius 1 is 0.304 bits per heavy atom. The lowest BCUT2D eigenvalue weighted by atomic mass is 9.98. The van der Waals surface area contributed by atoms with E-state index in [0.717, 1.165) is 111 Å². The van der Waals surface area contributed by atoms with Gasteiger partial charge in [-0.1, -0.05) is 127 Å². The van der Waals surface area contributed by atoms with E-state index in [1.165, 1.54) is 5.39 Å². The molecule has 0 aliphatic rings. The molecule has 3 heterocycles. The number of rotatable bonds is 5. The summed E-state index contributed by atoms with van der Waals surface area (Å²) in [7, 11) is 0. The third-order valence-corrected chi connectivity index (χ3v) is 11.3. The quantitative estimate of drug-likeness (QED) is 0.178. The zero-order valence-electron chi connectivity index (χ0n) is 30.1. The summed E-state index contributed by atoms with van der Waals surface area (Å²) in [5.74, 6) is 0. The summed E-state index contributed by atoms with van der Waals surface area (Å²) in [6.45, 7) is 0. The van der Waals surface area contributed by atoms with Gasteiger partial charge in [-0.3, -0.25) is 0 Å². The third kappa shape index (κ3) is 4.60. The largest absolute Gasteiger partial charge is 0.456 e. The van der Waals surface area contributed by atoms with Gasteiger partial charge in [0, 0.05) is 49.3 Å². The molecular formula is C52H31NO3. The molecule has 12 rings (SSSR count). The molecule has 9 aromatic carbocycles. The van der Waals surface area contributed by atoms with Crippen molar-refractivity contribution >= 4 is 93.7 Å². The lowest BCUT2D eigenvalue weighted by molar-refractivity contribution is 0.668. The van der Waals surface area contributed by atoms with Crippen molar-refractivity contribution in [3.8, 4) is 22.3 Å². The monoisotopic (exact) mass is 717 g/mol. The van der Waals surface area contributed by atoms with Gasteiger partial charge in [0.2, 0.25) is 0 Å². The maximum absolute atomic E-state index is 6.71. The lowest BCUT2D eigenvalue weighted by Crippen LogP contribution is -2.10. The number of hydrogen-bond acceptors (Lipinski definition) is 4. The normalized spacial score (nSPS) is 11.9. The average Bonchev–Trinajstić information content (AvgIpc) is 3.96. The maximum atomic E-state index is 6.71. The van der Waals surface area contributed by atoms with Crippen LogP contribution in [0.4, 0.5) is 17.1 Å². The van der Waals surface area contributed by atoms with Gasteiger partial charge in [-0.15, -0.1) is 0 Å². The topological polar surface area (TPSA) is 42.7 Å². The molecule has 0 atom stereocenters. The Kier molecular flexibility index (Phi) is 6.60. The van der Waals surface area contributed by atoms with Crippen LogP contribution in [-0.4, -0.2) is 0 Å². The van der Waals surface area contributed by atoms with Crippen molar-refractivity contribution in [2.45, 2.75) is 0 Å². The molecule has 0 N–H and O–H groups in total. The fourth-order valence-electron chi connectivity index (χ4n) is 8.72. The molecular weight excluding hydrogens is 687 g/mol. The first-order chi connectivity index (χ1) is 27.8. The fourth-order valence-corrected chi connectivity index (χ4v) is 8.72. The van der Waals surface area contributed by atoms with Crippen LogP contribution in [0.5, 0.6) is 0 Å². The van der Waals surface area contributed by atoms with Crippen LogP contribution in [0.3, 0.4) is 0 Å². The van der Waals surface area contributed by atoms with Crippen molar-refractivity contribution < 1.29 is 13.3 Å². The molecule has 0 spiro atoms. The van der Waals surface area contributed by atoms with Crippen molar-refractivity contribution in [2.75, 3.05) is 4.90 Å². The van der Waals surface area contributed by atoms with E-state index in [-0.39, 0.29) is 0 Å². The molecule has 4 nitrogen and oxygen atoms in total. The molecule has 0 unspecified atom stereocenters. The number of hydrogen-bond donors (Lipinski definition) is 0. The van der Waals surface area contributed by atoms with Crippen LogP contribution in [0.2, 0.25) is 0 Å². The van der Waals surface area contributed by atoms with E-state index < -0.39 is 0 Å². The third-order valence-electron chi connectivity index (χ3n) is 11.3. The molecule has 12 aromatic rings. The van der Waals surface area contributed by atoms with E-state index in [4.69, 9.17) is 13.3 Å². The number of furan rings is 3. The van der Waals surface area contributed by atoms with Gasteiger partial charge >= 0.3 is 0 Å². The summed E-state index contributed by atoms with van der Waals surface area (Å²) in [4.78, 5) is 2.33. The van der Waals surface area contributed by atoms with Crippen LogP contribution < -0.4 is 4.90 Å². The lowest BCUT2D eigenvalue weighted by Gasteiger charge is -2.26. The van der Waals surface area contributed by atoms with Crippen molar-refractivity contribution in [3.05, 3.63) is 188 Å². The molecule has 0 radical (unpaired) electrons. The second-order valence-electron chi connectivity index (χ2n) is 14.4. The molecule has 0 saturated carbocycles. The van der Waals surface area contributed by atoms with E-state index in [9.17, 15) is 0 Å². The van der Waals surface area contributed by atoms with Crippen LogP contribution in [-0.2, 0) is 0 Å². The Balaban J connectivity index is 1.01. The Morgan fingerprint density at radius 2 is 0.821 bits per heavy atom. The Hall–Kier alpha value is -7.56. The summed E-state index contributed by atoms with van der Waals surface area (Å²) in [5, 5.41) is 8.95. The predicted octanol–water partition coefficient (Wildman–Crippen LogP) is 15.3. The molecule has 4 heteroatoms. The van der Waals surface area contributed by atoms with Gasteiger partial charge in [-0.25, -0.2) is 0 Å². The molecule has 3 aromatic heterocycles. The first kappa shape index (κ1) is 30.9. The van der Waals surface area contributed by atoms with Crippen LogP contribution in [0, 0.1) is 0 Å². The minimum absolute atomic E-state index is 0.851. The summed E-state index contributed by atoms with van der Waals surface area (Å²) in [5.41, 5.74) is 12.9. The minimum atomic E-state index is 0.851. The Morgan fingerprint density at radius 3 is 1.55 bits per heavy atom. The van der Waals surface area contributed by atoms with Gasteiger partial charge in [0.15, 0.2) is 0 Å². The Bertz CT molecular complexity index is 3470. The predicted molar refractivity (Wildman–Crippen MR) is 231 cm³/mol. The molecule has 0 amide bonds. The summed E-state index contributed by atoms with van der Waals surface area (Å²) in [6, 6.07) is 66.0. The van der Waals surface area contributed by atoms with E-state index in [1.54, 1.807) is 0 Å². The van der Waals surface area contributed by atoms with Crippen LogP contribution in [0.25, 0.3) is 98.8 Å². The summed E-state index contributed by atoms with van der Waals surface area (Å²) >= 11 is 0. The molecule has 0 bridgehead atoms. The maximum Gasteiger partial charge on any atom is 0.143 e. The molecule has 262 valence electrons. The molecule has 0 aliphatic heterocycles. The minimum Gasteiger partial charge on any atom is -0.456 e. The summed E-state index contributed by atoms with van der Waals surface area (Å²) in [6.07, 6.45) is 0. The van der Waals surface area contributed by atoms with Crippen LogP contribution in [0.1, 0.15) is 0 Å². The van der Waals surface area contributed by atoms with Gasteiger partial charge in [0.05, 0.1) is 11.1 Å². The highest BCUT2D eigenvalue weighted by Crippen LogP contribution is 2.45. The molecule has 56 heavy (non-hydrogen) atoms. The van der Waals surface area contributed by atoms with Gasteiger partial charge in [0.25, 0.3) is 0 Å². The second-order valence-corrected chi connectivity index (χ2v) is 14.4.